The molecule has 3 rings (SSSR count). The van der Waals surface area contributed by atoms with Gasteiger partial charge in [0.05, 0.1) is 11.6 Å². The van der Waals surface area contributed by atoms with Gasteiger partial charge in [-0.2, -0.15) is 4.57 Å². The maximum atomic E-state index is 12.5. The number of fused-ring (bicyclic) bond motifs is 1. The lowest BCUT2D eigenvalue weighted by Gasteiger charge is -2.13. The highest BCUT2D eigenvalue weighted by molar-refractivity contribution is 9.10. The summed E-state index contributed by atoms with van der Waals surface area (Å²) in [6, 6.07) is 10.8. The first-order valence-corrected chi connectivity index (χ1v) is 7.36. The molecule has 2 aromatic heterocycles. The molecule has 0 aliphatic heterocycles. The molecule has 3 aromatic rings. The van der Waals surface area contributed by atoms with E-state index in [0.717, 1.165) is 5.56 Å². The number of pyridine rings is 1. The lowest BCUT2D eigenvalue weighted by molar-refractivity contribution is 0.196. The number of carbonyl (C=O) groups is 1. The van der Waals surface area contributed by atoms with E-state index in [-0.39, 0.29) is 11.7 Å². The molecule has 1 atom stereocenters. The fourth-order valence-electron chi connectivity index (χ4n) is 2.50. The van der Waals surface area contributed by atoms with E-state index in [1.165, 1.54) is 10.8 Å². The summed E-state index contributed by atoms with van der Waals surface area (Å²) >= 11 is 3.31. The predicted octanol–water partition coefficient (Wildman–Crippen LogP) is 3.10. The number of imidazole rings is 1. The number of carboxylic acid groups (broad SMARTS) is 1. The van der Waals surface area contributed by atoms with Gasteiger partial charge in [0.25, 0.3) is 0 Å². The van der Waals surface area contributed by atoms with Crippen LogP contribution in [0.2, 0.25) is 0 Å². The second-order valence-corrected chi connectivity index (χ2v) is 5.77. The molecule has 112 valence electrons. The highest BCUT2D eigenvalue weighted by atomic mass is 79.9. The zero-order chi connectivity index (χ0) is 15.9. The second kappa shape index (κ2) is 5.42. The van der Waals surface area contributed by atoms with Crippen LogP contribution in [0.25, 0.3) is 11.2 Å². The molecule has 0 aliphatic rings. The SMILES string of the molecule is CC(c1ccccc1)n1c(=O)n(C(=O)O)c2ncc(Br)cc21. The molecule has 2 heterocycles. The molecule has 0 bridgehead atoms. The van der Waals surface area contributed by atoms with Gasteiger partial charge in [-0.15, -0.1) is 0 Å². The van der Waals surface area contributed by atoms with Gasteiger partial charge in [-0.3, -0.25) is 4.57 Å². The number of rotatable bonds is 2. The Bertz CT molecular complexity index is 915. The van der Waals surface area contributed by atoms with Gasteiger partial charge in [0.1, 0.15) is 0 Å². The minimum Gasteiger partial charge on any atom is -0.464 e. The average molecular weight is 362 g/mol. The molecule has 0 fully saturated rings. The number of hydrogen-bond acceptors (Lipinski definition) is 3. The van der Waals surface area contributed by atoms with Gasteiger partial charge in [0, 0.05) is 10.7 Å². The van der Waals surface area contributed by atoms with Crippen molar-refractivity contribution in [1.82, 2.24) is 14.1 Å². The molecule has 1 N–H and O–H groups in total. The van der Waals surface area contributed by atoms with Crippen LogP contribution in [0, 0.1) is 0 Å². The zero-order valence-electron chi connectivity index (χ0n) is 11.6. The molecular formula is C15H12BrN3O3. The standard InChI is InChI=1S/C15H12BrN3O3/c1-9(10-5-3-2-4-6-10)18-12-7-11(16)8-17-13(12)19(14(18)20)15(21)22/h2-9H,1H3,(H,21,22). The van der Waals surface area contributed by atoms with Gasteiger partial charge in [-0.05, 0) is 34.5 Å². The minimum absolute atomic E-state index is 0.128. The van der Waals surface area contributed by atoms with Crippen molar-refractivity contribution in [2.75, 3.05) is 0 Å². The Morgan fingerprint density at radius 3 is 2.64 bits per heavy atom. The van der Waals surface area contributed by atoms with E-state index in [1.54, 1.807) is 6.07 Å². The van der Waals surface area contributed by atoms with Crippen molar-refractivity contribution in [3.63, 3.8) is 0 Å². The highest BCUT2D eigenvalue weighted by Gasteiger charge is 2.23. The predicted molar refractivity (Wildman–Crippen MR) is 85.4 cm³/mol. The third-order valence-electron chi connectivity index (χ3n) is 3.54. The van der Waals surface area contributed by atoms with Crippen LogP contribution >= 0.6 is 15.9 Å². The van der Waals surface area contributed by atoms with Crippen LogP contribution in [0.3, 0.4) is 0 Å². The van der Waals surface area contributed by atoms with Crippen LogP contribution in [0.5, 0.6) is 0 Å². The molecule has 1 aromatic carbocycles. The van der Waals surface area contributed by atoms with Gasteiger partial charge in [-0.1, -0.05) is 30.3 Å². The molecule has 1 unspecified atom stereocenters. The number of halogens is 1. The quantitative estimate of drug-likeness (QED) is 0.760. The van der Waals surface area contributed by atoms with Gasteiger partial charge in [0.2, 0.25) is 0 Å². The van der Waals surface area contributed by atoms with Gasteiger partial charge in [0.15, 0.2) is 5.65 Å². The van der Waals surface area contributed by atoms with Gasteiger partial charge < -0.3 is 5.11 Å². The average Bonchev–Trinajstić information content (AvgIpc) is 2.78. The molecule has 6 nitrogen and oxygen atoms in total. The Kier molecular flexibility index (Phi) is 3.58. The van der Waals surface area contributed by atoms with Crippen molar-refractivity contribution >= 4 is 33.2 Å². The summed E-state index contributed by atoms with van der Waals surface area (Å²) in [6.07, 6.45) is 0.127. The molecule has 0 spiro atoms. The molecule has 0 amide bonds. The minimum atomic E-state index is -1.34. The van der Waals surface area contributed by atoms with E-state index in [0.29, 0.717) is 14.6 Å². The zero-order valence-corrected chi connectivity index (χ0v) is 13.2. The fraction of sp³-hybridized carbons (Fsp3) is 0.133. The second-order valence-electron chi connectivity index (χ2n) is 4.85. The summed E-state index contributed by atoms with van der Waals surface area (Å²) in [7, 11) is 0. The number of nitrogens with zero attached hydrogens (tertiary/aromatic N) is 3. The summed E-state index contributed by atoms with van der Waals surface area (Å²) in [5.74, 6) is 0. The van der Waals surface area contributed by atoms with Crippen LogP contribution < -0.4 is 5.69 Å². The molecule has 7 heteroatoms. The van der Waals surface area contributed by atoms with E-state index >= 15 is 0 Å². The van der Waals surface area contributed by atoms with Crippen molar-refractivity contribution < 1.29 is 9.90 Å². The molecular weight excluding hydrogens is 350 g/mol. The number of benzene rings is 1. The largest absolute Gasteiger partial charge is 0.464 e. The lowest BCUT2D eigenvalue weighted by Crippen LogP contribution is -2.30. The normalized spacial score (nSPS) is 12.5. The summed E-state index contributed by atoms with van der Waals surface area (Å²) in [6.45, 7) is 1.85. The van der Waals surface area contributed by atoms with E-state index in [4.69, 9.17) is 0 Å². The van der Waals surface area contributed by atoms with E-state index < -0.39 is 11.8 Å². The fourth-order valence-corrected chi connectivity index (χ4v) is 2.82. The monoisotopic (exact) mass is 361 g/mol. The number of hydrogen-bond donors (Lipinski definition) is 1. The molecule has 22 heavy (non-hydrogen) atoms. The molecule has 0 saturated heterocycles. The highest BCUT2D eigenvalue weighted by Crippen LogP contribution is 2.23. The third kappa shape index (κ3) is 2.23. The first-order chi connectivity index (χ1) is 10.5. The topological polar surface area (TPSA) is 77.1 Å². The lowest BCUT2D eigenvalue weighted by atomic mass is 10.1. The van der Waals surface area contributed by atoms with Crippen LogP contribution in [-0.2, 0) is 0 Å². The Labute approximate surface area is 133 Å². The van der Waals surface area contributed by atoms with Crippen LogP contribution in [0.4, 0.5) is 4.79 Å². The van der Waals surface area contributed by atoms with E-state index in [1.807, 2.05) is 37.3 Å². The van der Waals surface area contributed by atoms with Crippen molar-refractivity contribution in [2.45, 2.75) is 13.0 Å². The van der Waals surface area contributed by atoms with Crippen molar-refractivity contribution in [2.24, 2.45) is 0 Å². The maximum Gasteiger partial charge on any atom is 0.421 e. The number of aromatic nitrogens is 3. The van der Waals surface area contributed by atoms with Gasteiger partial charge >= 0.3 is 11.8 Å². The maximum absolute atomic E-state index is 12.5. The first-order valence-electron chi connectivity index (χ1n) is 6.57. The summed E-state index contributed by atoms with van der Waals surface area (Å²) < 4.78 is 2.79. The summed E-state index contributed by atoms with van der Waals surface area (Å²) in [5.41, 5.74) is 0.889. The van der Waals surface area contributed by atoms with Crippen molar-refractivity contribution in [1.29, 1.82) is 0 Å². The Hall–Kier alpha value is -2.41. The molecule has 0 saturated carbocycles. The van der Waals surface area contributed by atoms with Crippen molar-refractivity contribution in [3.8, 4) is 0 Å². The Morgan fingerprint density at radius 1 is 1.32 bits per heavy atom. The first kappa shape index (κ1) is 14.5. The van der Waals surface area contributed by atoms with E-state index in [2.05, 4.69) is 20.9 Å². The summed E-state index contributed by atoms with van der Waals surface area (Å²) in [5, 5.41) is 9.30. The van der Waals surface area contributed by atoms with E-state index in [9.17, 15) is 14.7 Å². The molecule has 0 radical (unpaired) electrons. The van der Waals surface area contributed by atoms with Crippen molar-refractivity contribution in [3.05, 3.63) is 63.1 Å². The Morgan fingerprint density at radius 2 is 2.00 bits per heavy atom. The van der Waals surface area contributed by atoms with Crippen LogP contribution in [-0.4, -0.2) is 25.3 Å². The molecule has 0 aliphatic carbocycles. The van der Waals surface area contributed by atoms with Crippen LogP contribution in [0.1, 0.15) is 18.5 Å². The van der Waals surface area contributed by atoms with Gasteiger partial charge in [-0.25, -0.2) is 14.6 Å². The third-order valence-corrected chi connectivity index (χ3v) is 3.98. The van der Waals surface area contributed by atoms with Crippen LogP contribution in [0.15, 0.2) is 51.9 Å². The smallest absolute Gasteiger partial charge is 0.421 e. The Balaban J connectivity index is 2.34. The summed E-state index contributed by atoms with van der Waals surface area (Å²) in [4.78, 5) is 28.0.